The van der Waals surface area contributed by atoms with Crippen molar-refractivity contribution in [2.75, 3.05) is 5.73 Å². The molecule has 0 fully saturated rings. The van der Waals surface area contributed by atoms with Gasteiger partial charge >= 0.3 is 4.87 Å². The molecule has 2 aromatic heterocycles. The number of hydrogen-bond acceptors (Lipinski definition) is 4. The number of rotatable bonds is 3. The van der Waals surface area contributed by atoms with E-state index >= 15 is 0 Å². The Kier molecular flexibility index (Phi) is 2.59. The number of aromatic nitrogens is 3. The molecule has 0 saturated carbocycles. The first-order valence-corrected chi connectivity index (χ1v) is 5.48. The van der Waals surface area contributed by atoms with Gasteiger partial charge in [0.1, 0.15) is 5.82 Å². The number of nitrogens with zero attached hydrogens (tertiary/aromatic N) is 3. The maximum Gasteiger partial charge on any atom is 0.307 e. The smallest absolute Gasteiger partial charge is 0.307 e. The minimum atomic E-state index is 0.0628. The van der Waals surface area contributed by atoms with Crippen molar-refractivity contribution in [3.63, 3.8) is 0 Å². The molecule has 5 nitrogen and oxygen atoms in total. The van der Waals surface area contributed by atoms with Gasteiger partial charge in [0.25, 0.3) is 0 Å². The lowest BCUT2D eigenvalue weighted by Gasteiger charge is -2.03. The SMILES string of the molecule is Cc1cc(N)nn1CCn1ccsc1=O. The van der Waals surface area contributed by atoms with E-state index in [-0.39, 0.29) is 4.87 Å². The zero-order chi connectivity index (χ0) is 10.8. The Hall–Kier alpha value is -1.56. The third-order valence-corrected chi connectivity index (χ3v) is 2.89. The minimum absolute atomic E-state index is 0.0628. The number of nitrogen functional groups attached to an aromatic ring is 1. The normalized spacial score (nSPS) is 10.7. The van der Waals surface area contributed by atoms with Crippen LogP contribution in [0.15, 0.2) is 22.4 Å². The Bertz CT molecular complexity index is 510. The van der Waals surface area contributed by atoms with Gasteiger partial charge in [0.2, 0.25) is 0 Å². The summed E-state index contributed by atoms with van der Waals surface area (Å²) >= 11 is 1.20. The monoisotopic (exact) mass is 224 g/mol. The van der Waals surface area contributed by atoms with Gasteiger partial charge in [-0.15, -0.1) is 0 Å². The van der Waals surface area contributed by atoms with E-state index in [4.69, 9.17) is 5.73 Å². The van der Waals surface area contributed by atoms with Crippen LogP contribution in [0.4, 0.5) is 5.82 Å². The van der Waals surface area contributed by atoms with Crippen LogP contribution in [0.5, 0.6) is 0 Å². The minimum Gasteiger partial charge on any atom is -0.382 e. The molecule has 15 heavy (non-hydrogen) atoms. The van der Waals surface area contributed by atoms with E-state index in [0.29, 0.717) is 18.9 Å². The fourth-order valence-corrected chi connectivity index (χ4v) is 2.03. The summed E-state index contributed by atoms with van der Waals surface area (Å²) in [7, 11) is 0. The third-order valence-electron chi connectivity index (χ3n) is 2.20. The van der Waals surface area contributed by atoms with Crippen LogP contribution < -0.4 is 10.6 Å². The van der Waals surface area contributed by atoms with Gasteiger partial charge in [0, 0.05) is 29.9 Å². The van der Waals surface area contributed by atoms with Crippen molar-refractivity contribution in [2.24, 2.45) is 0 Å². The second kappa shape index (κ2) is 3.90. The van der Waals surface area contributed by atoms with E-state index in [2.05, 4.69) is 5.10 Å². The molecule has 2 heterocycles. The molecular formula is C9H12N4OS. The van der Waals surface area contributed by atoms with Gasteiger partial charge in [0.15, 0.2) is 0 Å². The summed E-state index contributed by atoms with van der Waals surface area (Å²) in [5.74, 6) is 0.519. The van der Waals surface area contributed by atoms with Crippen LogP contribution in [0.1, 0.15) is 5.69 Å². The lowest BCUT2D eigenvalue weighted by molar-refractivity contribution is 0.521. The molecule has 0 atom stereocenters. The Morgan fingerprint density at radius 1 is 1.53 bits per heavy atom. The molecule has 2 rings (SSSR count). The summed E-state index contributed by atoms with van der Waals surface area (Å²) in [6, 6.07) is 1.82. The van der Waals surface area contributed by atoms with Crippen LogP contribution in [-0.4, -0.2) is 14.3 Å². The summed E-state index contributed by atoms with van der Waals surface area (Å²) in [6.07, 6.45) is 1.79. The molecule has 80 valence electrons. The first kappa shape index (κ1) is 9.97. The highest BCUT2D eigenvalue weighted by Crippen LogP contribution is 2.04. The fraction of sp³-hybridized carbons (Fsp3) is 0.333. The van der Waals surface area contributed by atoms with Crippen molar-refractivity contribution in [1.29, 1.82) is 0 Å². The number of nitrogens with two attached hydrogens (primary N) is 1. The molecule has 0 spiro atoms. The van der Waals surface area contributed by atoms with Crippen molar-refractivity contribution in [3.05, 3.63) is 33.0 Å². The average molecular weight is 224 g/mol. The highest BCUT2D eigenvalue weighted by atomic mass is 32.1. The van der Waals surface area contributed by atoms with Gasteiger partial charge in [-0.05, 0) is 6.92 Å². The van der Waals surface area contributed by atoms with Crippen molar-refractivity contribution in [1.82, 2.24) is 14.3 Å². The lowest BCUT2D eigenvalue weighted by atomic mass is 10.4. The molecule has 0 aromatic carbocycles. The summed E-state index contributed by atoms with van der Waals surface area (Å²) in [4.78, 5) is 11.3. The first-order chi connectivity index (χ1) is 7.16. The highest BCUT2D eigenvalue weighted by molar-refractivity contribution is 7.07. The first-order valence-electron chi connectivity index (χ1n) is 4.60. The molecule has 0 aliphatic heterocycles. The van der Waals surface area contributed by atoms with E-state index in [1.165, 1.54) is 11.3 Å². The summed E-state index contributed by atoms with van der Waals surface area (Å²) in [5, 5.41) is 5.91. The van der Waals surface area contributed by atoms with Crippen molar-refractivity contribution < 1.29 is 0 Å². The van der Waals surface area contributed by atoms with E-state index in [1.54, 1.807) is 20.8 Å². The zero-order valence-corrected chi connectivity index (χ0v) is 9.20. The van der Waals surface area contributed by atoms with Crippen molar-refractivity contribution in [2.45, 2.75) is 20.0 Å². The Morgan fingerprint density at radius 3 is 2.87 bits per heavy atom. The van der Waals surface area contributed by atoms with Crippen LogP contribution in [-0.2, 0) is 13.1 Å². The maximum atomic E-state index is 11.3. The number of aryl methyl sites for hydroxylation is 3. The fourth-order valence-electron chi connectivity index (χ4n) is 1.42. The molecule has 0 saturated heterocycles. The van der Waals surface area contributed by atoms with Crippen molar-refractivity contribution in [3.8, 4) is 0 Å². The Morgan fingerprint density at radius 2 is 2.33 bits per heavy atom. The molecule has 0 aliphatic rings. The van der Waals surface area contributed by atoms with E-state index < -0.39 is 0 Å². The predicted octanol–water partition coefficient (Wildman–Crippen LogP) is 0.697. The van der Waals surface area contributed by atoms with Gasteiger partial charge in [-0.2, -0.15) is 5.10 Å². The topological polar surface area (TPSA) is 65.8 Å². The molecule has 0 radical (unpaired) electrons. The standard InChI is InChI=1S/C9H12N4OS/c1-7-6-8(10)11-13(7)3-2-12-4-5-15-9(12)14/h4-6H,2-3H2,1H3,(H2,10,11). The molecule has 0 unspecified atom stereocenters. The van der Waals surface area contributed by atoms with Gasteiger partial charge < -0.3 is 10.3 Å². The van der Waals surface area contributed by atoms with Crippen molar-refractivity contribution >= 4 is 17.2 Å². The molecule has 2 aromatic rings. The largest absolute Gasteiger partial charge is 0.382 e. The summed E-state index contributed by atoms with van der Waals surface area (Å²) in [5.41, 5.74) is 6.57. The van der Waals surface area contributed by atoms with Crippen LogP contribution in [0, 0.1) is 6.92 Å². The van der Waals surface area contributed by atoms with Crippen LogP contribution >= 0.6 is 11.3 Å². The molecule has 0 bridgehead atoms. The van der Waals surface area contributed by atoms with Gasteiger partial charge in [0.05, 0.1) is 6.54 Å². The molecular weight excluding hydrogens is 212 g/mol. The average Bonchev–Trinajstić information content (AvgIpc) is 2.70. The van der Waals surface area contributed by atoms with Crippen LogP contribution in [0.25, 0.3) is 0 Å². The number of hydrogen-bond donors (Lipinski definition) is 1. The highest BCUT2D eigenvalue weighted by Gasteiger charge is 2.02. The Balaban J connectivity index is 2.08. The van der Waals surface area contributed by atoms with Gasteiger partial charge in [-0.1, -0.05) is 11.3 Å². The van der Waals surface area contributed by atoms with Crippen LogP contribution in [0.2, 0.25) is 0 Å². The lowest BCUT2D eigenvalue weighted by Crippen LogP contribution is -2.17. The third kappa shape index (κ3) is 2.10. The molecule has 2 N–H and O–H groups in total. The number of anilines is 1. The Labute approximate surface area is 90.8 Å². The second-order valence-corrected chi connectivity index (χ2v) is 4.15. The molecule has 6 heteroatoms. The van der Waals surface area contributed by atoms with Gasteiger partial charge in [-0.25, -0.2) is 0 Å². The molecule has 0 amide bonds. The second-order valence-electron chi connectivity index (χ2n) is 3.30. The molecule has 0 aliphatic carbocycles. The summed E-state index contributed by atoms with van der Waals surface area (Å²) in [6.45, 7) is 3.24. The van der Waals surface area contributed by atoms with E-state index in [9.17, 15) is 4.79 Å². The quantitative estimate of drug-likeness (QED) is 0.834. The number of thiazole rings is 1. The zero-order valence-electron chi connectivity index (χ0n) is 8.38. The van der Waals surface area contributed by atoms with E-state index in [1.807, 2.05) is 13.0 Å². The maximum absolute atomic E-state index is 11.3. The van der Waals surface area contributed by atoms with E-state index in [0.717, 1.165) is 5.69 Å². The summed E-state index contributed by atoms with van der Waals surface area (Å²) < 4.78 is 3.47. The predicted molar refractivity (Wildman–Crippen MR) is 60.0 cm³/mol. The van der Waals surface area contributed by atoms with Crippen LogP contribution in [0.3, 0.4) is 0 Å². The van der Waals surface area contributed by atoms with Gasteiger partial charge in [-0.3, -0.25) is 9.48 Å².